The molecule has 0 atom stereocenters. The fourth-order valence-electron chi connectivity index (χ4n) is 2.48. The molecular formula is C18H15ClN2O6. The Labute approximate surface area is 159 Å². The average molecular weight is 391 g/mol. The molecule has 0 spiro atoms. The third-order valence-electron chi connectivity index (χ3n) is 3.81. The molecule has 2 heterocycles. The summed E-state index contributed by atoms with van der Waals surface area (Å²) in [6.45, 7) is -0.123. The van der Waals surface area contributed by atoms with Crippen molar-refractivity contribution in [3.05, 3.63) is 58.1 Å². The number of hydrogen-bond donors (Lipinski definition) is 1. The zero-order chi connectivity index (χ0) is 19.6. The molecule has 1 aromatic heterocycles. The number of halogens is 1. The number of nitrogens with zero attached hydrogens (tertiary/aromatic N) is 1. The lowest BCUT2D eigenvalue weighted by atomic mass is 10.2. The van der Waals surface area contributed by atoms with Gasteiger partial charge in [-0.2, -0.15) is 0 Å². The van der Waals surface area contributed by atoms with Gasteiger partial charge < -0.3 is 19.2 Å². The maximum atomic E-state index is 12.5. The molecule has 0 bridgehead atoms. The first-order chi connectivity index (χ1) is 12.9. The van der Waals surface area contributed by atoms with E-state index in [-0.39, 0.29) is 23.8 Å². The highest BCUT2D eigenvalue weighted by Crippen LogP contribution is 2.26. The number of carbonyl (C=O) groups is 3. The van der Waals surface area contributed by atoms with Gasteiger partial charge in [-0.05, 0) is 35.9 Å². The highest BCUT2D eigenvalue weighted by Gasteiger charge is 2.34. The first-order valence-corrected chi connectivity index (χ1v) is 8.16. The molecule has 1 N–H and O–H groups in total. The van der Waals surface area contributed by atoms with Crippen LogP contribution < -0.4 is 10.1 Å². The summed E-state index contributed by atoms with van der Waals surface area (Å²) in [6.07, 6.45) is 1.51. The summed E-state index contributed by atoms with van der Waals surface area (Å²) in [7, 11) is 2.72. The molecule has 3 rings (SSSR count). The smallest absolute Gasteiger partial charge is 0.373 e. The number of methoxy groups -OCH3 is 2. The van der Waals surface area contributed by atoms with E-state index in [1.165, 1.54) is 32.4 Å². The average Bonchev–Trinajstić information content (AvgIpc) is 3.22. The normalized spacial score (nSPS) is 15.2. The lowest BCUT2D eigenvalue weighted by molar-refractivity contribution is -0.123. The molecule has 27 heavy (non-hydrogen) atoms. The number of hydrogen-bond acceptors (Lipinski definition) is 6. The van der Waals surface area contributed by atoms with E-state index in [1.807, 2.05) is 0 Å². The van der Waals surface area contributed by atoms with Crippen molar-refractivity contribution in [1.29, 1.82) is 0 Å². The van der Waals surface area contributed by atoms with Crippen molar-refractivity contribution in [2.45, 2.75) is 6.54 Å². The lowest BCUT2D eigenvalue weighted by Crippen LogP contribution is -2.30. The molecule has 1 fully saturated rings. The number of imide groups is 1. The minimum atomic E-state index is -0.643. The standard InChI is InChI=1S/C18H15ClN2O6/c1-25-14-5-3-10(7-12(14)19)8-13-16(22)21(18(24)20-13)9-11-4-6-15(27-11)17(23)26-2/h3-8H,9H2,1-2H3,(H,20,24). The second-order valence-corrected chi connectivity index (χ2v) is 5.94. The first kappa shape index (κ1) is 18.5. The predicted octanol–water partition coefficient (Wildman–Crippen LogP) is 2.82. The van der Waals surface area contributed by atoms with Crippen LogP contribution in [0.3, 0.4) is 0 Å². The molecule has 0 radical (unpaired) electrons. The Kier molecular flexibility index (Phi) is 5.18. The monoisotopic (exact) mass is 390 g/mol. The number of amides is 3. The highest BCUT2D eigenvalue weighted by molar-refractivity contribution is 6.32. The largest absolute Gasteiger partial charge is 0.495 e. The number of furan rings is 1. The molecule has 1 aromatic carbocycles. The Morgan fingerprint density at radius 3 is 2.70 bits per heavy atom. The molecular weight excluding hydrogens is 376 g/mol. The van der Waals surface area contributed by atoms with Gasteiger partial charge in [-0.25, -0.2) is 9.59 Å². The summed E-state index contributed by atoms with van der Waals surface area (Å²) in [5.74, 6) is -0.407. The van der Waals surface area contributed by atoms with Crippen LogP contribution in [0, 0.1) is 0 Å². The molecule has 2 aromatic rings. The van der Waals surface area contributed by atoms with Crippen molar-refractivity contribution in [3.8, 4) is 5.75 Å². The van der Waals surface area contributed by atoms with E-state index in [0.717, 1.165) is 4.90 Å². The van der Waals surface area contributed by atoms with Gasteiger partial charge in [0.05, 0.1) is 25.8 Å². The van der Waals surface area contributed by atoms with Gasteiger partial charge in [-0.15, -0.1) is 0 Å². The van der Waals surface area contributed by atoms with Crippen LogP contribution in [0.1, 0.15) is 21.9 Å². The predicted molar refractivity (Wildman–Crippen MR) is 95.1 cm³/mol. The fraction of sp³-hybridized carbons (Fsp3) is 0.167. The van der Waals surface area contributed by atoms with Gasteiger partial charge >= 0.3 is 12.0 Å². The van der Waals surface area contributed by atoms with Crippen molar-refractivity contribution in [3.63, 3.8) is 0 Å². The number of benzene rings is 1. The van der Waals surface area contributed by atoms with E-state index >= 15 is 0 Å². The van der Waals surface area contributed by atoms with Gasteiger partial charge in [-0.3, -0.25) is 9.69 Å². The van der Waals surface area contributed by atoms with Crippen molar-refractivity contribution < 1.29 is 28.3 Å². The van der Waals surface area contributed by atoms with Gasteiger partial charge in [-0.1, -0.05) is 17.7 Å². The van der Waals surface area contributed by atoms with Gasteiger partial charge in [0.15, 0.2) is 0 Å². The van der Waals surface area contributed by atoms with Crippen LogP contribution in [-0.4, -0.2) is 37.0 Å². The molecule has 1 aliphatic heterocycles. The van der Waals surface area contributed by atoms with Crippen LogP contribution in [-0.2, 0) is 16.1 Å². The minimum Gasteiger partial charge on any atom is -0.495 e. The Morgan fingerprint density at radius 1 is 1.26 bits per heavy atom. The van der Waals surface area contributed by atoms with Crippen LogP contribution in [0.5, 0.6) is 5.75 Å². The summed E-state index contributed by atoms with van der Waals surface area (Å²) >= 11 is 6.07. The van der Waals surface area contributed by atoms with Crippen molar-refractivity contribution in [2.75, 3.05) is 14.2 Å². The zero-order valence-corrected chi connectivity index (χ0v) is 15.2. The van der Waals surface area contributed by atoms with Crippen molar-refractivity contribution >= 4 is 35.6 Å². The van der Waals surface area contributed by atoms with Crippen LogP contribution in [0.4, 0.5) is 4.79 Å². The number of carbonyl (C=O) groups excluding carboxylic acids is 3. The minimum absolute atomic E-state index is 0.0109. The second-order valence-electron chi connectivity index (χ2n) is 5.53. The molecule has 3 amide bonds. The summed E-state index contributed by atoms with van der Waals surface area (Å²) in [6, 6.07) is 7.29. The summed E-state index contributed by atoms with van der Waals surface area (Å²) in [5.41, 5.74) is 0.721. The lowest BCUT2D eigenvalue weighted by Gasteiger charge is -2.09. The van der Waals surface area contributed by atoms with Crippen LogP contribution in [0.25, 0.3) is 6.08 Å². The first-order valence-electron chi connectivity index (χ1n) is 7.78. The van der Waals surface area contributed by atoms with Crippen LogP contribution >= 0.6 is 11.6 Å². The zero-order valence-electron chi connectivity index (χ0n) is 14.4. The Bertz CT molecular complexity index is 949. The maximum Gasteiger partial charge on any atom is 0.373 e. The van der Waals surface area contributed by atoms with E-state index in [1.54, 1.807) is 18.2 Å². The third-order valence-corrected chi connectivity index (χ3v) is 4.11. The fourth-order valence-corrected chi connectivity index (χ4v) is 2.75. The molecule has 0 unspecified atom stereocenters. The number of nitrogens with one attached hydrogen (secondary N) is 1. The Morgan fingerprint density at radius 2 is 2.04 bits per heavy atom. The van der Waals surface area contributed by atoms with E-state index in [0.29, 0.717) is 16.3 Å². The molecule has 140 valence electrons. The number of urea groups is 1. The van der Waals surface area contributed by atoms with Gasteiger partial charge in [0.2, 0.25) is 5.76 Å². The van der Waals surface area contributed by atoms with Crippen LogP contribution in [0.15, 0.2) is 40.4 Å². The molecule has 0 saturated carbocycles. The summed E-state index contributed by atoms with van der Waals surface area (Å²) in [5, 5.41) is 2.88. The quantitative estimate of drug-likeness (QED) is 0.479. The van der Waals surface area contributed by atoms with Crippen molar-refractivity contribution in [1.82, 2.24) is 10.2 Å². The molecule has 1 saturated heterocycles. The highest BCUT2D eigenvalue weighted by atomic mass is 35.5. The van der Waals surface area contributed by atoms with E-state index in [4.69, 9.17) is 20.8 Å². The summed E-state index contributed by atoms with van der Waals surface area (Å²) in [4.78, 5) is 37.0. The molecule has 1 aliphatic rings. The molecule has 8 nitrogen and oxygen atoms in total. The second kappa shape index (κ2) is 7.55. The number of esters is 1. The SMILES string of the molecule is COC(=O)c1ccc(CN2C(=O)NC(=Cc3ccc(OC)c(Cl)c3)C2=O)o1. The van der Waals surface area contributed by atoms with Crippen molar-refractivity contribution in [2.24, 2.45) is 0 Å². The van der Waals surface area contributed by atoms with Gasteiger partial charge in [0.1, 0.15) is 17.2 Å². The topological polar surface area (TPSA) is 98.1 Å². The maximum absolute atomic E-state index is 12.5. The van der Waals surface area contributed by atoms with E-state index in [9.17, 15) is 14.4 Å². The van der Waals surface area contributed by atoms with E-state index < -0.39 is 17.9 Å². The molecule has 0 aliphatic carbocycles. The number of rotatable bonds is 5. The molecule has 9 heteroatoms. The number of ether oxygens (including phenoxy) is 2. The Balaban J connectivity index is 1.77. The summed E-state index contributed by atoms with van der Waals surface area (Å²) < 4.78 is 14.9. The van der Waals surface area contributed by atoms with Gasteiger partial charge in [0.25, 0.3) is 5.91 Å². The van der Waals surface area contributed by atoms with E-state index in [2.05, 4.69) is 10.1 Å². The Hall–Kier alpha value is -3.26. The van der Waals surface area contributed by atoms with Crippen LogP contribution in [0.2, 0.25) is 5.02 Å². The third kappa shape index (κ3) is 3.80. The van der Waals surface area contributed by atoms with Gasteiger partial charge in [0, 0.05) is 0 Å².